The summed E-state index contributed by atoms with van der Waals surface area (Å²) >= 11 is 15.5. The van der Waals surface area contributed by atoms with Gasteiger partial charge in [0.1, 0.15) is 17.4 Å². The van der Waals surface area contributed by atoms with Gasteiger partial charge in [0, 0.05) is 0 Å². The molecular formula is C25H17BrCl2N2O5. The lowest BCUT2D eigenvalue weighted by molar-refractivity contribution is -0.112. The van der Waals surface area contributed by atoms with Crippen LogP contribution in [0.4, 0.5) is 5.69 Å². The van der Waals surface area contributed by atoms with Crippen molar-refractivity contribution in [2.75, 3.05) is 19.5 Å². The molecule has 3 aromatic carbocycles. The first-order chi connectivity index (χ1) is 16.8. The van der Waals surface area contributed by atoms with Gasteiger partial charge in [0.2, 0.25) is 0 Å². The number of carbonyl (C=O) groups is 2. The van der Waals surface area contributed by atoms with Gasteiger partial charge in [-0.15, -0.1) is 0 Å². The second-order valence-corrected chi connectivity index (χ2v) is 8.54. The largest absolute Gasteiger partial charge is 0.497 e. The molecule has 0 saturated carbocycles. The highest BCUT2D eigenvalue weighted by Gasteiger charge is 2.18. The van der Waals surface area contributed by atoms with Crippen LogP contribution in [-0.2, 0) is 4.79 Å². The molecule has 0 aromatic heterocycles. The van der Waals surface area contributed by atoms with Crippen LogP contribution in [0.15, 0.2) is 64.6 Å². The van der Waals surface area contributed by atoms with E-state index in [1.165, 1.54) is 26.4 Å². The van der Waals surface area contributed by atoms with Crippen LogP contribution < -0.4 is 19.5 Å². The number of esters is 1. The summed E-state index contributed by atoms with van der Waals surface area (Å²) in [7, 11) is 2.93. The van der Waals surface area contributed by atoms with E-state index in [1.807, 2.05) is 6.07 Å². The molecule has 0 aliphatic heterocycles. The summed E-state index contributed by atoms with van der Waals surface area (Å²) in [5.74, 6) is -0.363. The number of nitrogens with zero attached hydrogens (tertiary/aromatic N) is 1. The van der Waals surface area contributed by atoms with Crippen LogP contribution in [-0.4, -0.2) is 26.1 Å². The maximum atomic E-state index is 12.7. The Bertz CT molecular complexity index is 1330. The van der Waals surface area contributed by atoms with Gasteiger partial charge in [-0.05, 0) is 76.1 Å². The Hall–Kier alpha value is -3.51. The number of carbonyl (C=O) groups excluding carboxylic acids is 2. The summed E-state index contributed by atoms with van der Waals surface area (Å²) in [6, 6.07) is 16.1. The minimum Gasteiger partial charge on any atom is -0.497 e. The fourth-order valence-electron chi connectivity index (χ4n) is 2.91. The summed E-state index contributed by atoms with van der Waals surface area (Å²) in [5.41, 5.74) is 0.736. The van der Waals surface area contributed by atoms with Gasteiger partial charge in [-0.2, -0.15) is 5.26 Å². The number of halogens is 3. The Morgan fingerprint density at radius 1 is 1.03 bits per heavy atom. The molecule has 35 heavy (non-hydrogen) atoms. The molecular weight excluding hydrogens is 559 g/mol. The number of nitriles is 1. The SMILES string of the molecule is COc1ccc(C(=O)Oc2c(Br)cc(/C=C(\C#N)C(=O)Nc3c(Cl)cccc3Cl)cc2OC)cc1. The van der Waals surface area contributed by atoms with Crippen molar-refractivity contribution in [2.24, 2.45) is 0 Å². The van der Waals surface area contributed by atoms with Crippen molar-refractivity contribution in [2.45, 2.75) is 0 Å². The van der Waals surface area contributed by atoms with E-state index in [4.69, 9.17) is 37.4 Å². The zero-order valence-corrected chi connectivity index (χ0v) is 21.5. The Morgan fingerprint density at radius 2 is 1.69 bits per heavy atom. The lowest BCUT2D eigenvalue weighted by Crippen LogP contribution is -2.14. The summed E-state index contributed by atoms with van der Waals surface area (Å²) in [6.45, 7) is 0. The molecule has 0 aliphatic rings. The zero-order chi connectivity index (χ0) is 25.5. The highest BCUT2D eigenvalue weighted by atomic mass is 79.9. The van der Waals surface area contributed by atoms with Gasteiger partial charge < -0.3 is 19.5 Å². The monoisotopic (exact) mass is 574 g/mol. The number of hydrogen-bond acceptors (Lipinski definition) is 6. The van der Waals surface area contributed by atoms with Crippen molar-refractivity contribution in [3.63, 3.8) is 0 Å². The summed E-state index contributed by atoms with van der Waals surface area (Å²) in [6.07, 6.45) is 1.35. The Balaban J connectivity index is 1.87. The lowest BCUT2D eigenvalue weighted by atomic mass is 10.1. The second kappa shape index (κ2) is 11.8. The molecule has 3 rings (SSSR count). The Kier molecular flexibility index (Phi) is 8.77. The summed E-state index contributed by atoms with van der Waals surface area (Å²) in [5, 5.41) is 12.5. The molecule has 0 aliphatic carbocycles. The summed E-state index contributed by atoms with van der Waals surface area (Å²) in [4.78, 5) is 25.3. The molecule has 0 heterocycles. The third-order valence-electron chi connectivity index (χ3n) is 4.65. The van der Waals surface area contributed by atoms with Crippen LogP contribution in [0.25, 0.3) is 6.08 Å². The molecule has 0 radical (unpaired) electrons. The van der Waals surface area contributed by atoms with Gasteiger partial charge in [0.25, 0.3) is 5.91 Å². The number of methoxy groups -OCH3 is 2. The van der Waals surface area contributed by atoms with E-state index in [9.17, 15) is 14.9 Å². The predicted octanol–water partition coefficient (Wildman–Crippen LogP) is 6.54. The minimum absolute atomic E-state index is 0.135. The van der Waals surface area contributed by atoms with Gasteiger partial charge in [0.05, 0.1) is 40.0 Å². The van der Waals surface area contributed by atoms with E-state index in [-0.39, 0.29) is 32.8 Å². The molecule has 0 saturated heterocycles. The molecule has 178 valence electrons. The van der Waals surface area contributed by atoms with E-state index >= 15 is 0 Å². The third-order valence-corrected chi connectivity index (χ3v) is 5.87. The van der Waals surface area contributed by atoms with E-state index in [0.29, 0.717) is 21.3 Å². The molecule has 0 spiro atoms. The first kappa shape index (κ1) is 26.1. The predicted molar refractivity (Wildman–Crippen MR) is 137 cm³/mol. The normalized spacial score (nSPS) is 10.8. The molecule has 0 bridgehead atoms. The van der Waals surface area contributed by atoms with Gasteiger partial charge >= 0.3 is 5.97 Å². The average Bonchev–Trinajstić information content (AvgIpc) is 2.86. The van der Waals surface area contributed by atoms with Gasteiger partial charge in [0.15, 0.2) is 11.5 Å². The highest BCUT2D eigenvalue weighted by Crippen LogP contribution is 2.38. The molecule has 3 aromatic rings. The van der Waals surface area contributed by atoms with E-state index in [2.05, 4.69) is 21.2 Å². The number of ether oxygens (including phenoxy) is 3. The van der Waals surface area contributed by atoms with Crippen LogP contribution in [0.2, 0.25) is 10.0 Å². The maximum Gasteiger partial charge on any atom is 0.343 e. The first-order valence-corrected chi connectivity index (χ1v) is 11.4. The Labute approximate surface area is 219 Å². The smallest absolute Gasteiger partial charge is 0.343 e. The third kappa shape index (κ3) is 6.34. The molecule has 0 fully saturated rings. The van der Waals surface area contributed by atoms with Crippen LogP contribution in [0.1, 0.15) is 15.9 Å². The second-order valence-electron chi connectivity index (χ2n) is 6.87. The maximum absolute atomic E-state index is 12.7. The van der Waals surface area contributed by atoms with Gasteiger partial charge in [-0.1, -0.05) is 29.3 Å². The summed E-state index contributed by atoms with van der Waals surface area (Å²) < 4.78 is 16.3. The van der Waals surface area contributed by atoms with E-state index in [0.717, 1.165) is 0 Å². The van der Waals surface area contributed by atoms with Gasteiger partial charge in [-0.3, -0.25) is 4.79 Å². The van der Waals surface area contributed by atoms with Crippen LogP contribution in [0, 0.1) is 11.3 Å². The fraction of sp³-hybridized carbons (Fsp3) is 0.0800. The molecule has 7 nitrogen and oxygen atoms in total. The van der Waals surface area contributed by atoms with Gasteiger partial charge in [-0.25, -0.2) is 4.79 Å². The van der Waals surface area contributed by atoms with Crippen molar-refractivity contribution in [3.8, 4) is 23.3 Å². The van der Waals surface area contributed by atoms with E-state index < -0.39 is 11.9 Å². The number of para-hydroxylation sites is 1. The number of benzene rings is 3. The quantitative estimate of drug-likeness (QED) is 0.149. The number of nitrogens with one attached hydrogen (secondary N) is 1. The number of amides is 1. The van der Waals surface area contributed by atoms with E-state index in [1.54, 1.807) is 48.5 Å². The number of rotatable bonds is 7. The van der Waals surface area contributed by atoms with Crippen molar-refractivity contribution in [3.05, 3.63) is 85.8 Å². The molecule has 0 atom stereocenters. The van der Waals surface area contributed by atoms with Crippen LogP contribution >= 0.6 is 39.1 Å². The van der Waals surface area contributed by atoms with Crippen LogP contribution in [0.5, 0.6) is 17.2 Å². The topological polar surface area (TPSA) is 97.7 Å². The fourth-order valence-corrected chi connectivity index (χ4v) is 3.95. The molecule has 10 heteroatoms. The van der Waals surface area contributed by atoms with Crippen molar-refractivity contribution >= 4 is 62.8 Å². The number of anilines is 1. The highest BCUT2D eigenvalue weighted by molar-refractivity contribution is 9.10. The average molecular weight is 576 g/mol. The molecule has 0 unspecified atom stereocenters. The van der Waals surface area contributed by atoms with Crippen molar-refractivity contribution in [1.82, 2.24) is 0 Å². The lowest BCUT2D eigenvalue weighted by Gasteiger charge is -2.13. The molecule has 1 amide bonds. The standard InChI is InChI=1S/C25H17BrCl2N2O5/c1-33-17-8-6-15(7-9-17)25(32)35-23-18(26)11-14(12-21(23)34-2)10-16(13-29)24(31)30-22-19(27)4-3-5-20(22)28/h3-12H,1-2H3,(H,30,31)/b16-10+. The first-order valence-electron chi connectivity index (χ1n) is 9.88. The van der Waals surface area contributed by atoms with Crippen molar-refractivity contribution < 1.29 is 23.8 Å². The van der Waals surface area contributed by atoms with Crippen molar-refractivity contribution in [1.29, 1.82) is 5.26 Å². The zero-order valence-electron chi connectivity index (χ0n) is 18.4. The van der Waals surface area contributed by atoms with Crippen LogP contribution in [0.3, 0.4) is 0 Å². The Morgan fingerprint density at radius 3 is 2.26 bits per heavy atom. The number of hydrogen-bond donors (Lipinski definition) is 1. The minimum atomic E-state index is -0.701. The molecule has 1 N–H and O–H groups in total.